The van der Waals surface area contributed by atoms with Crippen LogP contribution in [-0.4, -0.2) is 11.7 Å². The second-order valence-corrected chi connectivity index (χ2v) is 4.23. The lowest BCUT2D eigenvalue weighted by atomic mass is 10.00. The molecule has 0 fully saturated rings. The van der Waals surface area contributed by atoms with Crippen LogP contribution in [0.1, 0.15) is 22.8 Å². The molecule has 2 nitrogen and oxygen atoms in total. The second kappa shape index (κ2) is 5.76. The van der Waals surface area contributed by atoms with Crippen molar-refractivity contribution in [2.24, 2.45) is 5.73 Å². The first-order valence-corrected chi connectivity index (χ1v) is 5.93. The van der Waals surface area contributed by atoms with Gasteiger partial charge in [-0.1, -0.05) is 36.4 Å². The van der Waals surface area contributed by atoms with Crippen molar-refractivity contribution in [1.29, 1.82) is 0 Å². The zero-order valence-corrected chi connectivity index (χ0v) is 10.0. The van der Waals surface area contributed by atoms with Gasteiger partial charge in [0.1, 0.15) is 11.9 Å². The number of benzene rings is 2. The van der Waals surface area contributed by atoms with E-state index in [1.807, 2.05) is 24.3 Å². The first-order valence-electron chi connectivity index (χ1n) is 5.93. The third-order valence-corrected chi connectivity index (χ3v) is 2.91. The van der Waals surface area contributed by atoms with Crippen LogP contribution >= 0.6 is 0 Å². The molecule has 0 aromatic heterocycles. The Morgan fingerprint density at radius 3 is 1.94 bits per heavy atom. The van der Waals surface area contributed by atoms with Gasteiger partial charge in [-0.2, -0.15) is 0 Å². The van der Waals surface area contributed by atoms with Gasteiger partial charge in [0.25, 0.3) is 0 Å². The number of hydrogen-bond donors (Lipinski definition) is 2. The summed E-state index contributed by atoms with van der Waals surface area (Å²) in [6.45, 7) is 0.611. The van der Waals surface area contributed by atoms with Gasteiger partial charge in [-0.05, 0) is 41.8 Å². The Morgan fingerprint density at radius 1 is 0.944 bits per heavy atom. The molecule has 3 N–H and O–H groups in total. The SMILES string of the molecule is NCCc1ccc(C(O)c2ccc(F)cc2)cc1. The molecule has 0 aliphatic carbocycles. The summed E-state index contributed by atoms with van der Waals surface area (Å²) in [6, 6.07) is 13.5. The molecule has 0 aliphatic heterocycles. The van der Waals surface area contributed by atoms with Gasteiger partial charge in [0, 0.05) is 0 Å². The number of rotatable bonds is 4. The van der Waals surface area contributed by atoms with Crippen molar-refractivity contribution >= 4 is 0 Å². The van der Waals surface area contributed by atoms with E-state index in [9.17, 15) is 9.50 Å². The lowest BCUT2D eigenvalue weighted by molar-refractivity contribution is 0.220. The maximum atomic E-state index is 12.8. The van der Waals surface area contributed by atoms with E-state index in [-0.39, 0.29) is 5.82 Å². The number of halogens is 1. The molecule has 0 saturated carbocycles. The highest BCUT2D eigenvalue weighted by Crippen LogP contribution is 2.22. The summed E-state index contributed by atoms with van der Waals surface area (Å²) in [6.07, 6.45) is 0.102. The van der Waals surface area contributed by atoms with Crippen molar-refractivity contribution in [3.05, 3.63) is 71.0 Å². The van der Waals surface area contributed by atoms with Crippen LogP contribution in [0.25, 0.3) is 0 Å². The molecule has 18 heavy (non-hydrogen) atoms. The Bertz CT molecular complexity index is 493. The van der Waals surface area contributed by atoms with E-state index in [2.05, 4.69) is 0 Å². The van der Waals surface area contributed by atoms with E-state index in [4.69, 9.17) is 5.73 Å². The molecule has 0 heterocycles. The van der Waals surface area contributed by atoms with Crippen molar-refractivity contribution in [3.63, 3.8) is 0 Å². The van der Waals surface area contributed by atoms with E-state index in [0.717, 1.165) is 17.5 Å². The summed E-state index contributed by atoms with van der Waals surface area (Å²) >= 11 is 0. The van der Waals surface area contributed by atoms with Gasteiger partial charge in [-0.3, -0.25) is 0 Å². The number of aliphatic hydroxyl groups is 1. The van der Waals surface area contributed by atoms with Gasteiger partial charge in [0.15, 0.2) is 0 Å². The van der Waals surface area contributed by atoms with Crippen LogP contribution < -0.4 is 5.73 Å². The second-order valence-electron chi connectivity index (χ2n) is 4.23. The maximum absolute atomic E-state index is 12.8. The van der Waals surface area contributed by atoms with E-state index in [1.54, 1.807) is 12.1 Å². The summed E-state index contributed by atoms with van der Waals surface area (Å²) in [7, 11) is 0. The van der Waals surface area contributed by atoms with Crippen LogP contribution in [0, 0.1) is 5.82 Å². The fourth-order valence-electron chi connectivity index (χ4n) is 1.87. The molecular weight excluding hydrogens is 229 g/mol. The quantitative estimate of drug-likeness (QED) is 0.869. The van der Waals surface area contributed by atoms with Crippen molar-refractivity contribution in [1.82, 2.24) is 0 Å². The number of hydrogen-bond acceptors (Lipinski definition) is 2. The largest absolute Gasteiger partial charge is 0.384 e. The third kappa shape index (κ3) is 2.94. The average molecular weight is 245 g/mol. The highest BCUT2D eigenvalue weighted by atomic mass is 19.1. The highest BCUT2D eigenvalue weighted by Gasteiger charge is 2.10. The standard InChI is InChI=1S/C15H16FNO/c16-14-7-5-13(6-8-14)15(18)12-3-1-11(2-4-12)9-10-17/h1-8,15,18H,9-10,17H2. The van der Waals surface area contributed by atoms with E-state index in [1.165, 1.54) is 12.1 Å². The van der Waals surface area contributed by atoms with Gasteiger partial charge >= 0.3 is 0 Å². The van der Waals surface area contributed by atoms with Crippen LogP contribution in [0.4, 0.5) is 4.39 Å². The van der Waals surface area contributed by atoms with E-state index < -0.39 is 6.10 Å². The van der Waals surface area contributed by atoms with E-state index in [0.29, 0.717) is 12.1 Å². The Labute approximate surface area is 106 Å². The normalized spacial score (nSPS) is 12.4. The molecular formula is C15H16FNO. The summed E-state index contributed by atoms with van der Waals surface area (Å²) < 4.78 is 12.8. The van der Waals surface area contributed by atoms with Crippen LogP contribution in [-0.2, 0) is 6.42 Å². The minimum Gasteiger partial charge on any atom is -0.384 e. The van der Waals surface area contributed by atoms with Gasteiger partial charge in [0.05, 0.1) is 0 Å². The Hall–Kier alpha value is -1.71. The maximum Gasteiger partial charge on any atom is 0.123 e. The molecule has 0 radical (unpaired) electrons. The molecule has 0 aliphatic rings. The summed E-state index contributed by atoms with van der Waals surface area (Å²) in [5.41, 5.74) is 8.10. The zero-order valence-electron chi connectivity index (χ0n) is 10.0. The number of aliphatic hydroxyl groups excluding tert-OH is 1. The van der Waals surface area contributed by atoms with Gasteiger partial charge in [-0.15, -0.1) is 0 Å². The van der Waals surface area contributed by atoms with Gasteiger partial charge in [0.2, 0.25) is 0 Å². The first kappa shape index (κ1) is 12.7. The van der Waals surface area contributed by atoms with Crippen molar-refractivity contribution < 1.29 is 9.50 Å². The van der Waals surface area contributed by atoms with E-state index >= 15 is 0 Å². The summed E-state index contributed by atoms with van der Waals surface area (Å²) in [5, 5.41) is 10.2. The average Bonchev–Trinajstić information content (AvgIpc) is 2.40. The van der Waals surface area contributed by atoms with Gasteiger partial charge < -0.3 is 10.8 Å². The van der Waals surface area contributed by atoms with Crippen LogP contribution in [0.5, 0.6) is 0 Å². The molecule has 2 rings (SSSR count). The molecule has 1 unspecified atom stereocenters. The first-order chi connectivity index (χ1) is 8.70. The molecule has 1 atom stereocenters. The smallest absolute Gasteiger partial charge is 0.123 e. The summed E-state index contributed by atoms with van der Waals surface area (Å²) in [5.74, 6) is -0.302. The fourth-order valence-corrected chi connectivity index (χ4v) is 1.87. The predicted octanol–water partition coefficient (Wildman–Crippen LogP) is 2.41. The molecule has 2 aromatic rings. The Kier molecular flexibility index (Phi) is 4.07. The predicted molar refractivity (Wildman–Crippen MR) is 69.7 cm³/mol. The molecule has 94 valence electrons. The van der Waals surface area contributed by atoms with Crippen molar-refractivity contribution in [2.75, 3.05) is 6.54 Å². The number of nitrogens with two attached hydrogens (primary N) is 1. The van der Waals surface area contributed by atoms with Crippen molar-refractivity contribution in [2.45, 2.75) is 12.5 Å². The molecule has 3 heteroatoms. The lowest BCUT2D eigenvalue weighted by Crippen LogP contribution is -2.03. The monoisotopic (exact) mass is 245 g/mol. The van der Waals surface area contributed by atoms with Crippen molar-refractivity contribution in [3.8, 4) is 0 Å². The molecule has 2 aromatic carbocycles. The third-order valence-electron chi connectivity index (χ3n) is 2.91. The fraction of sp³-hybridized carbons (Fsp3) is 0.200. The topological polar surface area (TPSA) is 46.2 Å². The van der Waals surface area contributed by atoms with Crippen LogP contribution in [0.15, 0.2) is 48.5 Å². The molecule has 0 saturated heterocycles. The Morgan fingerprint density at radius 2 is 1.44 bits per heavy atom. The molecule has 0 bridgehead atoms. The lowest BCUT2D eigenvalue weighted by Gasteiger charge is -2.12. The van der Waals surface area contributed by atoms with Gasteiger partial charge in [-0.25, -0.2) is 4.39 Å². The summed E-state index contributed by atoms with van der Waals surface area (Å²) in [4.78, 5) is 0. The molecule has 0 spiro atoms. The highest BCUT2D eigenvalue weighted by molar-refractivity contribution is 5.32. The zero-order chi connectivity index (χ0) is 13.0. The molecule has 0 amide bonds. The van der Waals surface area contributed by atoms with Crippen LogP contribution in [0.3, 0.4) is 0 Å². The van der Waals surface area contributed by atoms with Crippen LogP contribution in [0.2, 0.25) is 0 Å². The Balaban J connectivity index is 2.17. The minimum atomic E-state index is -0.725. The minimum absolute atomic E-state index is 0.302.